The lowest BCUT2D eigenvalue weighted by Gasteiger charge is -2.10. The van der Waals surface area contributed by atoms with E-state index in [9.17, 15) is 12.8 Å². The Kier molecular flexibility index (Phi) is 4.53. The average Bonchev–Trinajstić information content (AvgIpc) is 3.02. The number of nitrogens with zero attached hydrogens (tertiary/aromatic N) is 2. The van der Waals surface area contributed by atoms with Gasteiger partial charge in [0.05, 0.1) is 10.5 Å². The molecular weight excluding hydrogens is 367 g/mol. The summed E-state index contributed by atoms with van der Waals surface area (Å²) < 4.78 is 45.4. The van der Waals surface area contributed by atoms with Crippen molar-refractivity contribution in [2.75, 3.05) is 19.0 Å². The number of anilines is 1. The molecule has 0 saturated carbocycles. The molecule has 0 unspecified atom stereocenters. The molecule has 0 aliphatic heterocycles. The van der Waals surface area contributed by atoms with Gasteiger partial charge in [0.25, 0.3) is 0 Å². The highest BCUT2D eigenvalue weighted by Gasteiger charge is 2.30. The van der Waals surface area contributed by atoms with E-state index < -0.39 is 15.7 Å². The Hall–Kier alpha value is -2.38. The Bertz CT molecular complexity index is 1010. The third-order valence-electron chi connectivity index (χ3n) is 3.47. The lowest BCUT2D eigenvalue weighted by atomic mass is 10.2. The smallest absolute Gasteiger partial charge is 0.235 e. The Labute approximate surface area is 149 Å². The van der Waals surface area contributed by atoms with Crippen LogP contribution in [0.4, 0.5) is 10.3 Å². The zero-order chi connectivity index (χ0) is 18.2. The number of rotatable bonds is 4. The van der Waals surface area contributed by atoms with Gasteiger partial charge in [0.1, 0.15) is 5.82 Å². The van der Waals surface area contributed by atoms with Gasteiger partial charge in [0.2, 0.25) is 26.6 Å². The van der Waals surface area contributed by atoms with Crippen molar-refractivity contribution in [3.05, 3.63) is 59.4 Å². The molecule has 25 heavy (non-hydrogen) atoms. The number of benzene rings is 2. The maximum absolute atomic E-state index is 14.0. The molecular formula is C17H14ClFN2O3S. The summed E-state index contributed by atoms with van der Waals surface area (Å²) in [7, 11) is -0.724. The van der Waals surface area contributed by atoms with Gasteiger partial charge in [-0.25, -0.2) is 12.8 Å². The summed E-state index contributed by atoms with van der Waals surface area (Å²) in [5, 5.41) is 0.136. The fourth-order valence-corrected chi connectivity index (χ4v) is 3.73. The van der Waals surface area contributed by atoms with Crippen LogP contribution in [-0.2, 0) is 9.84 Å². The van der Waals surface area contributed by atoms with Gasteiger partial charge < -0.3 is 9.32 Å². The molecule has 1 aromatic heterocycles. The molecule has 0 atom stereocenters. The van der Waals surface area contributed by atoms with Crippen molar-refractivity contribution in [1.29, 1.82) is 0 Å². The summed E-state index contributed by atoms with van der Waals surface area (Å²) in [6.07, 6.45) is 0. The van der Waals surface area contributed by atoms with Gasteiger partial charge in [-0.15, -0.1) is 0 Å². The number of hydrogen-bond acceptors (Lipinski definition) is 5. The summed E-state index contributed by atoms with van der Waals surface area (Å²) in [5.41, 5.74) is 0.0863. The van der Waals surface area contributed by atoms with Gasteiger partial charge in [-0.3, -0.25) is 0 Å². The van der Waals surface area contributed by atoms with Crippen LogP contribution >= 0.6 is 11.6 Å². The van der Waals surface area contributed by atoms with Crippen LogP contribution in [0.15, 0.2) is 62.9 Å². The van der Waals surface area contributed by atoms with Crippen molar-refractivity contribution in [3.8, 4) is 11.5 Å². The quantitative estimate of drug-likeness (QED) is 0.683. The van der Waals surface area contributed by atoms with Crippen molar-refractivity contribution in [2.45, 2.75) is 9.92 Å². The predicted molar refractivity (Wildman–Crippen MR) is 93.1 cm³/mol. The van der Waals surface area contributed by atoms with Crippen molar-refractivity contribution in [2.24, 2.45) is 0 Å². The van der Waals surface area contributed by atoms with Crippen molar-refractivity contribution in [3.63, 3.8) is 0 Å². The first-order valence-corrected chi connectivity index (χ1v) is 9.10. The maximum atomic E-state index is 14.0. The molecule has 0 spiro atoms. The van der Waals surface area contributed by atoms with E-state index in [2.05, 4.69) is 4.98 Å². The minimum Gasteiger partial charge on any atom is -0.419 e. The van der Waals surface area contributed by atoms with E-state index in [0.717, 1.165) is 0 Å². The zero-order valence-corrected chi connectivity index (χ0v) is 15.0. The number of hydrogen-bond donors (Lipinski definition) is 0. The fourth-order valence-electron chi connectivity index (χ4n) is 2.23. The standard InChI is InChI=1S/C17H14ClFN2O3S/c1-21(2)17-16(25(22,23)12-9-7-11(18)8-10-12)20-15(24-17)13-5-3-4-6-14(13)19/h3-10H,1-2H3. The molecule has 0 fully saturated rings. The first-order chi connectivity index (χ1) is 11.8. The minimum atomic E-state index is -3.96. The molecule has 2 aromatic carbocycles. The Morgan fingerprint density at radius 3 is 2.32 bits per heavy atom. The second-order valence-electron chi connectivity index (χ2n) is 5.46. The Morgan fingerprint density at radius 1 is 1.08 bits per heavy atom. The highest BCUT2D eigenvalue weighted by molar-refractivity contribution is 7.91. The molecule has 1 heterocycles. The average molecular weight is 381 g/mol. The van der Waals surface area contributed by atoms with Crippen LogP contribution in [-0.4, -0.2) is 27.5 Å². The number of oxazole rings is 1. The molecule has 130 valence electrons. The minimum absolute atomic E-state index is 0.0215. The van der Waals surface area contributed by atoms with Gasteiger partial charge in [-0.1, -0.05) is 23.7 Å². The van der Waals surface area contributed by atoms with Gasteiger partial charge in [0.15, 0.2) is 0 Å². The SMILES string of the molecule is CN(C)c1oc(-c2ccccc2F)nc1S(=O)(=O)c1ccc(Cl)cc1. The molecule has 8 heteroatoms. The Morgan fingerprint density at radius 2 is 1.72 bits per heavy atom. The molecule has 5 nitrogen and oxygen atoms in total. The second-order valence-corrected chi connectivity index (χ2v) is 7.76. The summed E-state index contributed by atoms with van der Waals surface area (Å²) >= 11 is 5.81. The lowest BCUT2D eigenvalue weighted by Crippen LogP contribution is -2.13. The van der Waals surface area contributed by atoms with E-state index in [4.69, 9.17) is 16.0 Å². The first-order valence-electron chi connectivity index (χ1n) is 7.24. The van der Waals surface area contributed by atoms with Crippen LogP contribution < -0.4 is 4.90 Å². The fraction of sp³-hybridized carbons (Fsp3) is 0.118. The van der Waals surface area contributed by atoms with Crippen molar-refractivity contribution in [1.82, 2.24) is 4.98 Å². The molecule has 0 radical (unpaired) electrons. The van der Waals surface area contributed by atoms with Gasteiger partial charge in [0, 0.05) is 19.1 Å². The van der Waals surface area contributed by atoms with E-state index in [1.807, 2.05) is 0 Å². The van der Waals surface area contributed by atoms with Gasteiger partial charge in [-0.2, -0.15) is 4.98 Å². The van der Waals surface area contributed by atoms with E-state index in [0.29, 0.717) is 5.02 Å². The van der Waals surface area contributed by atoms with Crippen LogP contribution in [0.25, 0.3) is 11.5 Å². The summed E-state index contributed by atoms with van der Waals surface area (Å²) in [4.78, 5) is 5.56. The van der Waals surface area contributed by atoms with Gasteiger partial charge >= 0.3 is 0 Å². The lowest BCUT2D eigenvalue weighted by molar-refractivity contribution is 0.555. The molecule has 0 amide bonds. The normalized spacial score (nSPS) is 11.5. The van der Waals surface area contributed by atoms with E-state index in [1.165, 1.54) is 47.4 Å². The highest BCUT2D eigenvalue weighted by atomic mass is 35.5. The van der Waals surface area contributed by atoms with E-state index >= 15 is 0 Å². The van der Waals surface area contributed by atoms with Crippen LogP contribution in [0.3, 0.4) is 0 Å². The van der Waals surface area contributed by atoms with Gasteiger partial charge in [-0.05, 0) is 36.4 Å². The second kappa shape index (κ2) is 6.50. The summed E-state index contributed by atoms with van der Waals surface area (Å²) in [6, 6.07) is 11.6. The van der Waals surface area contributed by atoms with Crippen molar-refractivity contribution < 1.29 is 17.2 Å². The number of halogens is 2. The third-order valence-corrected chi connectivity index (χ3v) is 5.39. The first kappa shape index (κ1) is 17.4. The van der Waals surface area contributed by atoms with Crippen molar-refractivity contribution >= 4 is 27.3 Å². The number of sulfone groups is 1. The topological polar surface area (TPSA) is 63.4 Å². The van der Waals surface area contributed by atoms with Crippen LogP contribution in [0.2, 0.25) is 5.02 Å². The van der Waals surface area contributed by atoms with E-state index in [-0.39, 0.29) is 27.3 Å². The molecule has 0 N–H and O–H groups in total. The van der Waals surface area contributed by atoms with Crippen LogP contribution in [0, 0.1) is 5.82 Å². The monoisotopic (exact) mass is 380 g/mol. The summed E-state index contributed by atoms with van der Waals surface area (Å²) in [5.74, 6) is -0.632. The zero-order valence-electron chi connectivity index (χ0n) is 13.4. The molecule has 0 bridgehead atoms. The largest absolute Gasteiger partial charge is 0.419 e. The molecule has 3 aromatic rings. The van der Waals surface area contributed by atoms with Crippen LogP contribution in [0.1, 0.15) is 0 Å². The molecule has 0 aliphatic carbocycles. The van der Waals surface area contributed by atoms with E-state index in [1.54, 1.807) is 20.2 Å². The molecule has 0 saturated heterocycles. The predicted octanol–water partition coefficient (Wildman–Crippen LogP) is 4.03. The molecule has 0 aliphatic rings. The summed E-state index contributed by atoms with van der Waals surface area (Å²) in [6.45, 7) is 0. The third kappa shape index (κ3) is 3.25. The number of aromatic nitrogens is 1. The Balaban J connectivity index is 2.19. The maximum Gasteiger partial charge on any atom is 0.235 e. The highest BCUT2D eigenvalue weighted by Crippen LogP contribution is 2.34. The van der Waals surface area contributed by atoms with Crippen LogP contribution in [0.5, 0.6) is 0 Å². The molecule has 3 rings (SSSR count).